The van der Waals surface area contributed by atoms with Crippen molar-refractivity contribution in [1.82, 2.24) is 0 Å². The summed E-state index contributed by atoms with van der Waals surface area (Å²) in [5, 5.41) is 0. The van der Waals surface area contributed by atoms with Gasteiger partial charge in [-0.2, -0.15) is 0 Å². The van der Waals surface area contributed by atoms with E-state index in [2.05, 4.69) is 81.4 Å². The Labute approximate surface area is 196 Å². The lowest BCUT2D eigenvalue weighted by molar-refractivity contribution is -0.155. The van der Waals surface area contributed by atoms with Gasteiger partial charge in [-0.05, 0) is 74.5 Å². The van der Waals surface area contributed by atoms with Gasteiger partial charge < -0.3 is 4.74 Å². The molecule has 0 saturated heterocycles. The first-order chi connectivity index (χ1) is 14.4. The fraction of sp³-hybridized carbons (Fsp3) is 0.897. The normalized spacial score (nSPS) is 18.2. The highest BCUT2D eigenvalue weighted by Crippen LogP contribution is 2.38. The van der Waals surface area contributed by atoms with Crippen molar-refractivity contribution < 1.29 is 9.53 Å². The van der Waals surface area contributed by atoms with Crippen LogP contribution >= 0.6 is 0 Å². The molecule has 0 rings (SSSR count). The van der Waals surface area contributed by atoms with Crippen molar-refractivity contribution in [1.29, 1.82) is 0 Å². The molecule has 31 heavy (non-hydrogen) atoms. The summed E-state index contributed by atoms with van der Waals surface area (Å²) < 4.78 is 5.82. The third kappa shape index (κ3) is 12.1. The Morgan fingerprint density at radius 2 is 1.48 bits per heavy atom. The molecule has 0 fully saturated rings. The largest absolute Gasteiger partial charge is 0.461 e. The average Bonchev–Trinajstić information content (AvgIpc) is 2.69. The molecule has 0 aliphatic carbocycles. The summed E-state index contributed by atoms with van der Waals surface area (Å²) in [7, 11) is 0. The molecule has 184 valence electrons. The zero-order chi connectivity index (χ0) is 24.1. The highest BCUT2D eigenvalue weighted by molar-refractivity contribution is 5.76. The Morgan fingerprint density at radius 1 is 0.871 bits per heavy atom. The van der Waals surface area contributed by atoms with Crippen molar-refractivity contribution in [3.63, 3.8) is 0 Å². The Morgan fingerprint density at radius 3 is 1.94 bits per heavy atom. The second-order valence-electron chi connectivity index (χ2n) is 11.5. The number of carbonyl (C=O) groups is 1. The average molecular weight is 437 g/mol. The highest BCUT2D eigenvalue weighted by Gasteiger charge is 2.36. The molecule has 0 heterocycles. The first-order valence-electron chi connectivity index (χ1n) is 13.3. The first kappa shape index (κ1) is 30.2. The monoisotopic (exact) mass is 436 g/mol. The topological polar surface area (TPSA) is 26.3 Å². The molecule has 0 saturated carbocycles. The molecule has 0 aliphatic heterocycles. The van der Waals surface area contributed by atoms with Crippen LogP contribution in [0.3, 0.4) is 0 Å². The van der Waals surface area contributed by atoms with Crippen molar-refractivity contribution in [2.75, 3.05) is 6.61 Å². The van der Waals surface area contributed by atoms with Crippen molar-refractivity contribution in [2.24, 2.45) is 34.5 Å². The van der Waals surface area contributed by atoms with Gasteiger partial charge in [0.05, 0.1) is 5.41 Å². The molecule has 0 aromatic heterocycles. The maximum atomic E-state index is 13.2. The summed E-state index contributed by atoms with van der Waals surface area (Å²) in [5.41, 5.74) is -0.183. The van der Waals surface area contributed by atoms with E-state index in [1.54, 1.807) is 0 Å². The fourth-order valence-electron chi connectivity index (χ4n) is 5.33. The van der Waals surface area contributed by atoms with Crippen LogP contribution in [0.4, 0.5) is 0 Å². The number of carbonyl (C=O) groups excluding carboxylic acids is 1. The minimum Gasteiger partial charge on any atom is -0.461 e. The van der Waals surface area contributed by atoms with E-state index >= 15 is 0 Å². The molecule has 0 radical (unpaired) electrons. The van der Waals surface area contributed by atoms with E-state index in [4.69, 9.17) is 4.74 Å². The van der Waals surface area contributed by atoms with Gasteiger partial charge in [0.25, 0.3) is 0 Å². The predicted molar refractivity (Wildman–Crippen MR) is 137 cm³/mol. The number of hydrogen-bond acceptors (Lipinski definition) is 2. The number of rotatable bonds is 17. The van der Waals surface area contributed by atoms with Crippen molar-refractivity contribution in [3.05, 3.63) is 12.2 Å². The van der Waals surface area contributed by atoms with E-state index in [0.29, 0.717) is 18.4 Å². The zero-order valence-electron chi connectivity index (χ0n) is 22.9. The van der Waals surface area contributed by atoms with E-state index < -0.39 is 0 Å². The quantitative estimate of drug-likeness (QED) is 0.168. The molecule has 0 aliphatic rings. The minimum absolute atomic E-state index is 0.00332. The molecule has 0 aromatic rings. The number of allylic oxidation sites excluding steroid dienone is 1. The second kappa shape index (κ2) is 15.1. The Balaban J connectivity index is 5.07. The van der Waals surface area contributed by atoms with Crippen LogP contribution in [0.25, 0.3) is 0 Å². The molecular weight excluding hydrogens is 380 g/mol. The zero-order valence-corrected chi connectivity index (χ0v) is 22.9. The van der Waals surface area contributed by atoms with Crippen LogP contribution in [0.15, 0.2) is 12.2 Å². The molecular formula is C29H56O2. The van der Waals surface area contributed by atoms with Crippen LogP contribution in [0.5, 0.6) is 0 Å². The highest BCUT2D eigenvalue weighted by atomic mass is 16.5. The SMILES string of the molecule is CCCC(C)(CC(CC)CC(CC)CC(C)C)C(=O)OCC=CC(C)(CC)CC(C)C. The maximum absolute atomic E-state index is 13.2. The van der Waals surface area contributed by atoms with Crippen LogP contribution in [0.1, 0.15) is 127 Å². The maximum Gasteiger partial charge on any atom is 0.312 e. The molecule has 2 nitrogen and oxygen atoms in total. The van der Waals surface area contributed by atoms with E-state index in [-0.39, 0.29) is 16.8 Å². The second-order valence-corrected chi connectivity index (χ2v) is 11.5. The van der Waals surface area contributed by atoms with E-state index in [1.807, 2.05) is 0 Å². The molecule has 4 unspecified atom stereocenters. The molecule has 0 amide bonds. The Hall–Kier alpha value is -0.790. The van der Waals surface area contributed by atoms with Gasteiger partial charge in [-0.1, -0.05) is 93.7 Å². The smallest absolute Gasteiger partial charge is 0.312 e. The lowest BCUT2D eigenvalue weighted by atomic mass is 9.73. The van der Waals surface area contributed by atoms with Gasteiger partial charge in [0, 0.05) is 0 Å². The van der Waals surface area contributed by atoms with E-state index in [1.165, 1.54) is 19.3 Å². The van der Waals surface area contributed by atoms with Gasteiger partial charge in [0.15, 0.2) is 0 Å². The molecule has 4 atom stereocenters. The molecule has 2 heteroatoms. The van der Waals surface area contributed by atoms with Crippen molar-refractivity contribution in [3.8, 4) is 0 Å². The molecule has 0 bridgehead atoms. The van der Waals surface area contributed by atoms with E-state index in [0.717, 1.165) is 50.4 Å². The Kier molecular flexibility index (Phi) is 14.7. The van der Waals surface area contributed by atoms with Gasteiger partial charge in [-0.25, -0.2) is 0 Å². The summed E-state index contributed by atoms with van der Waals surface area (Å²) in [5.74, 6) is 2.76. The third-order valence-electron chi connectivity index (χ3n) is 7.17. The van der Waals surface area contributed by atoms with Gasteiger partial charge >= 0.3 is 5.97 Å². The summed E-state index contributed by atoms with van der Waals surface area (Å²) in [6.07, 6.45) is 14.4. The standard InChI is InChI=1S/C29H56O2/c1-11-16-29(10,22-26(13-3)20-25(12-2)19-23(5)6)27(30)31-18-15-17-28(9,14-4)21-24(7)8/h15,17,23-26H,11-14,16,18-22H2,1-10H3. The van der Waals surface area contributed by atoms with Gasteiger partial charge in [-0.3, -0.25) is 4.79 Å². The molecule has 0 spiro atoms. The fourth-order valence-corrected chi connectivity index (χ4v) is 5.33. The van der Waals surface area contributed by atoms with Crippen LogP contribution in [-0.2, 0) is 9.53 Å². The van der Waals surface area contributed by atoms with Crippen molar-refractivity contribution in [2.45, 2.75) is 127 Å². The first-order valence-corrected chi connectivity index (χ1v) is 13.3. The van der Waals surface area contributed by atoms with Gasteiger partial charge in [-0.15, -0.1) is 0 Å². The lowest BCUT2D eigenvalue weighted by Crippen LogP contribution is -2.33. The van der Waals surface area contributed by atoms with Crippen LogP contribution in [-0.4, -0.2) is 12.6 Å². The van der Waals surface area contributed by atoms with Crippen LogP contribution in [0, 0.1) is 34.5 Å². The minimum atomic E-state index is -0.370. The number of ether oxygens (including phenoxy) is 1. The summed E-state index contributed by atoms with van der Waals surface area (Å²) in [4.78, 5) is 13.2. The van der Waals surface area contributed by atoms with Gasteiger partial charge in [0.1, 0.15) is 6.61 Å². The summed E-state index contributed by atoms with van der Waals surface area (Å²) in [6, 6.07) is 0. The summed E-state index contributed by atoms with van der Waals surface area (Å²) >= 11 is 0. The third-order valence-corrected chi connectivity index (χ3v) is 7.17. The van der Waals surface area contributed by atoms with Crippen LogP contribution < -0.4 is 0 Å². The van der Waals surface area contributed by atoms with Crippen LogP contribution in [0.2, 0.25) is 0 Å². The number of esters is 1. The van der Waals surface area contributed by atoms with Crippen molar-refractivity contribution >= 4 is 5.97 Å². The molecule has 0 aromatic carbocycles. The predicted octanol–water partition coefficient (Wildman–Crippen LogP) is 9.23. The Bertz CT molecular complexity index is 507. The summed E-state index contributed by atoms with van der Waals surface area (Å²) in [6.45, 7) is 23.0. The molecule has 0 N–H and O–H groups in total. The number of hydrogen-bond donors (Lipinski definition) is 0. The van der Waals surface area contributed by atoms with E-state index in [9.17, 15) is 4.79 Å². The lowest BCUT2D eigenvalue weighted by Gasteiger charge is -2.32. The van der Waals surface area contributed by atoms with Gasteiger partial charge in [0.2, 0.25) is 0 Å².